The van der Waals surface area contributed by atoms with E-state index in [1.54, 1.807) is 23.1 Å². The predicted molar refractivity (Wildman–Crippen MR) is 103 cm³/mol. The molecule has 4 nitrogen and oxygen atoms in total. The molecular weight excluding hydrogens is 343 g/mol. The number of carbonyl (C=O) groups excluding carboxylic acids is 2. The molecule has 2 unspecified atom stereocenters. The SMILES string of the molecule is Cc1ccc(C(=O)N2CC(C(=O)NC(C)C)C(c3cccc(F)c3)C2)cc1. The van der Waals surface area contributed by atoms with Crippen molar-refractivity contribution in [2.24, 2.45) is 5.92 Å². The van der Waals surface area contributed by atoms with Crippen molar-refractivity contribution < 1.29 is 14.0 Å². The van der Waals surface area contributed by atoms with Gasteiger partial charge in [-0.15, -0.1) is 0 Å². The highest BCUT2D eigenvalue weighted by molar-refractivity contribution is 5.95. The second-order valence-electron chi connectivity index (χ2n) is 7.51. The predicted octanol–water partition coefficient (Wildman–Crippen LogP) is 3.51. The molecule has 5 heteroatoms. The van der Waals surface area contributed by atoms with E-state index in [9.17, 15) is 14.0 Å². The van der Waals surface area contributed by atoms with Crippen LogP contribution in [0.4, 0.5) is 4.39 Å². The molecule has 2 amide bonds. The molecule has 0 spiro atoms. The number of amides is 2. The van der Waals surface area contributed by atoms with Crippen LogP contribution in [0.3, 0.4) is 0 Å². The molecule has 1 aliphatic heterocycles. The molecule has 0 aliphatic carbocycles. The number of benzene rings is 2. The lowest BCUT2D eigenvalue weighted by molar-refractivity contribution is -0.125. The van der Waals surface area contributed by atoms with Crippen LogP contribution < -0.4 is 5.32 Å². The average Bonchev–Trinajstić information content (AvgIpc) is 3.07. The zero-order chi connectivity index (χ0) is 19.6. The topological polar surface area (TPSA) is 49.4 Å². The first kappa shape index (κ1) is 19.1. The molecule has 1 saturated heterocycles. The lowest BCUT2D eigenvalue weighted by Gasteiger charge is -2.19. The van der Waals surface area contributed by atoms with Crippen LogP contribution in [0.5, 0.6) is 0 Å². The molecule has 1 N–H and O–H groups in total. The Bertz CT molecular complexity index is 832. The summed E-state index contributed by atoms with van der Waals surface area (Å²) in [5.41, 5.74) is 2.43. The average molecular weight is 368 g/mol. The van der Waals surface area contributed by atoms with Gasteiger partial charge in [0.15, 0.2) is 0 Å². The van der Waals surface area contributed by atoms with Crippen molar-refractivity contribution in [1.82, 2.24) is 10.2 Å². The molecule has 142 valence electrons. The Morgan fingerprint density at radius 3 is 2.44 bits per heavy atom. The van der Waals surface area contributed by atoms with Crippen LogP contribution in [0.25, 0.3) is 0 Å². The van der Waals surface area contributed by atoms with E-state index in [-0.39, 0.29) is 29.6 Å². The first-order valence-electron chi connectivity index (χ1n) is 9.27. The van der Waals surface area contributed by atoms with Crippen molar-refractivity contribution in [3.63, 3.8) is 0 Å². The number of likely N-dealkylation sites (tertiary alicyclic amines) is 1. The van der Waals surface area contributed by atoms with Gasteiger partial charge in [-0.3, -0.25) is 9.59 Å². The van der Waals surface area contributed by atoms with Gasteiger partial charge in [-0.05, 0) is 50.6 Å². The molecule has 0 saturated carbocycles. The van der Waals surface area contributed by atoms with E-state index in [1.165, 1.54) is 12.1 Å². The van der Waals surface area contributed by atoms with Crippen molar-refractivity contribution in [1.29, 1.82) is 0 Å². The lowest BCUT2D eigenvalue weighted by Crippen LogP contribution is -2.39. The van der Waals surface area contributed by atoms with E-state index in [0.717, 1.165) is 11.1 Å². The van der Waals surface area contributed by atoms with Crippen LogP contribution in [0.2, 0.25) is 0 Å². The number of nitrogens with one attached hydrogen (secondary N) is 1. The molecule has 1 heterocycles. The van der Waals surface area contributed by atoms with Gasteiger partial charge in [-0.1, -0.05) is 29.8 Å². The van der Waals surface area contributed by atoms with Crippen LogP contribution in [0.15, 0.2) is 48.5 Å². The van der Waals surface area contributed by atoms with Crippen molar-refractivity contribution in [2.45, 2.75) is 32.7 Å². The summed E-state index contributed by atoms with van der Waals surface area (Å²) < 4.78 is 13.7. The molecule has 0 aromatic heterocycles. The number of hydrogen-bond donors (Lipinski definition) is 1. The van der Waals surface area contributed by atoms with Gasteiger partial charge in [0.05, 0.1) is 5.92 Å². The van der Waals surface area contributed by atoms with Crippen LogP contribution in [-0.4, -0.2) is 35.8 Å². The highest BCUT2D eigenvalue weighted by atomic mass is 19.1. The number of nitrogens with zero attached hydrogens (tertiary/aromatic N) is 1. The van der Waals surface area contributed by atoms with Crippen LogP contribution >= 0.6 is 0 Å². The Kier molecular flexibility index (Phi) is 5.59. The first-order chi connectivity index (χ1) is 12.8. The molecule has 1 aliphatic rings. The maximum atomic E-state index is 13.7. The van der Waals surface area contributed by atoms with Crippen LogP contribution in [0, 0.1) is 18.7 Å². The Morgan fingerprint density at radius 1 is 1.11 bits per heavy atom. The van der Waals surface area contributed by atoms with Gasteiger partial charge in [0.2, 0.25) is 5.91 Å². The van der Waals surface area contributed by atoms with Gasteiger partial charge in [0.1, 0.15) is 5.82 Å². The Balaban J connectivity index is 1.87. The lowest BCUT2D eigenvalue weighted by atomic mass is 9.88. The van der Waals surface area contributed by atoms with E-state index in [4.69, 9.17) is 0 Å². The minimum Gasteiger partial charge on any atom is -0.354 e. The third-order valence-corrected chi connectivity index (χ3v) is 4.95. The molecule has 27 heavy (non-hydrogen) atoms. The summed E-state index contributed by atoms with van der Waals surface area (Å²) in [4.78, 5) is 27.3. The maximum absolute atomic E-state index is 13.7. The fraction of sp³-hybridized carbons (Fsp3) is 0.364. The maximum Gasteiger partial charge on any atom is 0.253 e. The van der Waals surface area contributed by atoms with Crippen molar-refractivity contribution in [2.75, 3.05) is 13.1 Å². The van der Waals surface area contributed by atoms with Crippen molar-refractivity contribution in [3.8, 4) is 0 Å². The Morgan fingerprint density at radius 2 is 1.81 bits per heavy atom. The van der Waals surface area contributed by atoms with Crippen LogP contribution in [0.1, 0.15) is 41.3 Å². The summed E-state index contributed by atoms with van der Waals surface area (Å²) in [6.07, 6.45) is 0. The summed E-state index contributed by atoms with van der Waals surface area (Å²) in [5.74, 6) is -1.16. The number of hydrogen-bond acceptors (Lipinski definition) is 2. The van der Waals surface area contributed by atoms with E-state index in [2.05, 4.69) is 5.32 Å². The summed E-state index contributed by atoms with van der Waals surface area (Å²) >= 11 is 0. The molecule has 0 radical (unpaired) electrons. The van der Waals surface area contributed by atoms with Gasteiger partial charge in [-0.25, -0.2) is 4.39 Å². The standard InChI is InChI=1S/C22H25FN2O2/c1-14(2)24-21(26)20-13-25(22(27)16-9-7-15(3)8-10-16)12-19(20)17-5-4-6-18(23)11-17/h4-11,14,19-20H,12-13H2,1-3H3,(H,24,26). The van der Waals surface area contributed by atoms with Gasteiger partial charge >= 0.3 is 0 Å². The smallest absolute Gasteiger partial charge is 0.253 e. The highest BCUT2D eigenvalue weighted by Gasteiger charge is 2.40. The zero-order valence-corrected chi connectivity index (χ0v) is 15.9. The Hall–Kier alpha value is -2.69. The van der Waals surface area contributed by atoms with Gasteiger partial charge < -0.3 is 10.2 Å². The summed E-state index contributed by atoms with van der Waals surface area (Å²) in [6.45, 7) is 6.49. The number of aryl methyl sites for hydroxylation is 1. The quantitative estimate of drug-likeness (QED) is 0.898. The number of rotatable bonds is 4. The summed E-state index contributed by atoms with van der Waals surface area (Å²) in [6, 6.07) is 13.7. The van der Waals surface area contributed by atoms with Crippen molar-refractivity contribution in [3.05, 3.63) is 71.0 Å². The van der Waals surface area contributed by atoms with E-state index >= 15 is 0 Å². The molecule has 0 bridgehead atoms. The van der Waals surface area contributed by atoms with E-state index in [0.29, 0.717) is 18.7 Å². The van der Waals surface area contributed by atoms with E-state index in [1.807, 2.05) is 39.0 Å². The van der Waals surface area contributed by atoms with Crippen molar-refractivity contribution >= 4 is 11.8 Å². The zero-order valence-electron chi connectivity index (χ0n) is 15.9. The van der Waals surface area contributed by atoms with Crippen LogP contribution in [-0.2, 0) is 4.79 Å². The third kappa shape index (κ3) is 4.35. The summed E-state index contributed by atoms with van der Waals surface area (Å²) in [7, 11) is 0. The normalized spacial score (nSPS) is 19.4. The minimum absolute atomic E-state index is 0.00695. The highest BCUT2D eigenvalue weighted by Crippen LogP contribution is 2.34. The van der Waals surface area contributed by atoms with Gasteiger partial charge in [0, 0.05) is 30.6 Å². The first-order valence-corrected chi connectivity index (χ1v) is 9.27. The molecule has 3 rings (SSSR count). The molecule has 2 atom stereocenters. The van der Waals surface area contributed by atoms with Gasteiger partial charge in [0.25, 0.3) is 5.91 Å². The number of carbonyl (C=O) groups is 2. The fourth-order valence-corrected chi connectivity index (χ4v) is 3.58. The molecule has 2 aromatic carbocycles. The second-order valence-corrected chi connectivity index (χ2v) is 7.51. The number of halogens is 1. The fourth-order valence-electron chi connectivity index (χ4n) is 3.58. The third-order valence-electron chi connectivity index (χ3n) is 4.95. The van der Waals surface area contributed by atoms with E-state index < -0.39 is 5.92 Å². The largest absolute Gasteiger partial charge is 0.354 e. The molecular formula is C22H25FN2O2. The molecule has 1 fully saturated rings. The molecule has 2 aromatic rings. The minimum atomic E-state index is -0.399. The summed E-state index contributed by atoms with van der Waals surface area (Å²) in [5, 5.41) is 2.94. The Labute approximate surface area is 159 Å². The second kappa shape index (κ2) is 7.91. The monoisotopic (exact) mass is 368 g/mol. The van der Waals surface area contributed by atoms with Gasteiger partial charge in [-0.2, -0.15) is 0 Å².